The molecule has 1 N–H and O–H groups in total. The lowest BCUT2D eigenvalue weighted by atomic mass is 10.2. The summed E-state index contributed by atoms with van der Waals surface area (Å²) in [7, 11) is -1.81. The van der Waals surface area contributed by atoms with Crippen molar-refractivity contribution < 1.29 is 17.9 Å². The lowest BCUT2D eigenvalue weighted by molar-refractivity contribution is -0.128. The molecule has 0 bridgehead atoms. The fraction of sp³-hybridized carbons (Fsp3) is 0.562. The van der Waals surface area contributed by atoms with Gasteiger partial charge in [0.1, 0.15) is 5.75 Å². The van der Waals surface area contributed by atoms with Gasteiger partial charge in [0.05, 0.1) is 11.9 Å². The average molecular weight is 342 g/mol. The van der Waals surface area contributed by atoms with Crippen LogP contribution in [0.4, 0.5) is 5.69 Å². The third-order valence-electron chi connectivity index (χ3n) is 3.64. The van der Waals surface area contributed by atoms with Crippen LogP contribution in [-0.2, 0) is 14.8 Å². The van der Waals surface area contributed by atoms with Gasteiger partial charge in [-0.3, -0.25) is 9.10 Å². The Kier molecular flexibility index (Phi) is 6.87. The number of nitrogens with zero attached hydrogens (tertiary/aromatic N) is 1. The molecule has 1 aromatic carbocycles. The molecule has 0 heterocycles. The molecule has 0 aromatic heterocycles. The standard InChI is InChI=1S/C16H26N2O4S/c1-6-12(3)17-16(19)15(7-2)22-14-10-8-13(9-11-14)18(4)23(5,20)21/h8-12,15H,6-7H2,1-5H3,(H,17,19). The van der Waals surface area contributed by atoms with Crippen molar-refractivity contribution in [3.05, 3.63) is 24.3 Å². The molecule has 1 rings (SSSR count). The minimum absolute atomic E-state index is 0.103. The summed E-state index contributed by atoms with van der Waals surface area (Å²) in [5.41, 5.74) is 0.539. The molecule has 0 saturated heterocycles. The van der Waals surface area contributed by atoms with Gasteiger partial charge >= 0.3 is 0 Å². The van der Waals surface area contributed by atoms with Crippen molar-refractivity contribution in [3.8, 4) is 5.75 Å². The van der Waals surface area contributed by atoms with Crippen LogP contribution in [0.2, 0.25) is 0 Å². The van der Waals surface area contributed by atoms with E-state index in [2.05, 4.69) is 5.32 Å². The van der Waals surface area contributed by atoms with Crippen LogP contribution in [0.25, 0.3) is 0 Å². The van der Waals surface area contributed by atoms with Crippen LogP contribution in [0.5, 0.6) is 5.75 Å². The number of hydrogen-bond donors (Lipinski definition) is 1. The summed E-state index contributed by atoms with van der Waals surface area (Å²) in [6.07, 6.45) is 1.98. The summed E-state index contributed by atoms with van der Waals surface area (Å²) >= 11 is 0. The molecular weight excluding hydrogens is 316 g/mol. The van der Waals surface area contributed by atoms with Gasteiger partial charge in [0, 0.05) is 13.1 Å². The third kappa shape index (κ3) is 5.74. The van der Waals surface area contributed by atoms with Gasteiger partial charge in [-0.2, -0.15) is 0 Å². The number of benzene rings is 1. The van der Waals surface area contributed by atoms with Crippen LogP contribution >= 0.6 is 0 Å². The van der Waals surface area contributed by atoms with Crippen LogP contribution in [0.3, 0.4) is 0 Å². The van der Waals surface area contributed by atoms with Crippen LogP contribution in [0, 0.1) is 0 Å². The van der Waals surface area contributed by atoms with Crippen LogP contribution in [-0.4, -0.2) is 39.8 Å². The molecule has 2 atom stereocenters. The minimum atomic E-state index is -3.30. The summed E-state index contributed by atoms with van der Waals surface area (Å²) < 4.78 is 29.9. The Balaban J connectivity index is 2.78. The molecule has 130 valence electrons. The first-order valence-electron chi connectivity index (χ1n) is 7.70. The topological polar surface area (TPSA) is 75.7 Å². The highest BCUT2D eigenvalue weighted by molar-refractivity contribution is 7.92. The number of anilines is 1. The smallest absolute Gasteiger partial charge is 0.261 e. The second kappa shape index (κ2) is 8.19. The predicted octanol–water partition coefficient (Wildman–Crippen LogP) is 2.15. The lowest BCUT2D eigenvalue weighted by Gasteiger charge is -2.21. The fourth-order valence-corrected chi connectivity index (χ4v) is 2.36. The van der Waals surface area contributed by atoms with Crippen molar-refractivity contribution in [3.63, 3.8) is 0 Å². The van der Waals surface area contributed by atoms with Gasteiger partial charge in [0.2, 0.25) is 10.0 Å². The van der Waals surface area contributed by atoms with Crippen LogP contribution in [0.15, 0.2) is 24.3 Å². The number of amides is 1. The zero-order valence-electron chi connectivity index (χ0n) is 14.4. The number of carbonyl (C=O) groups excluding carboxylic acids is 1. The van der Waals surface area contributed by atoms with Gasteiger partial charge in [-0.05, 0) is 44.0 Å². The number of ether oxygens (including phenoxy) is 1. The summed E-state index contributed by atoms with van der Waals surface area (Å²) in [6.45, 7) is 5.83. The van der Waals surface area contributed by atoms with Crippen molar-refractivity contribution in [1.82, 2.24) is 5.32 Å². The Morgan fingerprint density at radius 2 is 1.78 bits per heavy atom. The number of carbonyl (C=O) groups is 1. The zero-order valence-corrected chi connectivity index (χ0v) is 15.2. The van der Waals surface area contributed by atoms with E-state index in [0.717, 1.165) is 12.7 Å². The monoisotopic (exact) mass is 342 g/mol. The zero-order chi connectivity index (χ0) is 17.6. The van der Waals surface area contributed by atoms with E-state index in [-0.39, 0.29) is 11.9 Å². The quantitative estimate of drug-likeness (QED) is 0.785. The highest BCUT2D eigenvalue weighted by Crippen LogP contribution is 2.21. The van der Waals surface area contributed by atoms with Crippen molar-refractivity contribution >= 4 is 21.6 Å². The molecule has 0 radical (unpaired) electrons. The van der Waals surface area contributed by atoms with Crippen molar-refractivity contribution in [2.24, 2.45) is 0 Å². The van der Waals surface area contributed by atoms with Crippen molar-refractivity contribution in [1.29, 1.82) is 0 Å². The molecule has 0 spiro atoms. The first-order chi connectivity index (χ1) is 10.7. The fourth-order valence-electron chi connectivity index (χ4n) is 1.85. The highest BCUT2D eigenvalue weighted by Gasteiger charge is 2.20. The van der Waals surface area contributed by atoms with Gasteiger partial charge in [-0.15, -0.1) is 0 Å². The van der Waals surface area contributed by atoms with E-state index in [4.69, 9.17) is 4.74 Å². The molecule has 0 aliphatic heterocycles. The summed E-state index contributed by atoms with van der Waals surface area (Å²) in [6, 6.07) is 6.73. The van der Waals surface area contributed by atoms with E-state index in [1.807, 2.05) is 20.8 Å². The lowest BCUT2D eigenvalue weighted by Crippen LogP contribution is -2.42. The molecular formula is C16H26N2O4S. The Bertz CT molecular complexity index is 613. The molecule has 7 heteroatoms. The SMILES string of the molecule is CCC(C)NC(=O)C(CC)Oc1ccc(N(C)S(C)(=O)=O)cc1. The second-order valence-corrected chi connectivity index (χ2v) is 7.57. The van der Waals surface area contributed by atoms with E-state index >= 15 is 0 Å². The molecule has 0 saturated carbocycles. The number of nitrogens with one attached hydrogen (secondary N) is 1. The maximum atomic E-state index is 12.1. The molecule has 6 nitrogen and oxygen atoms in total. The number of rotatable bonds is 8. The molecule has 23 heavy (non-hydrogen) atoms. The second-order valence-electron chi connectivity index (χ2n) is 5.56. The Morgan fingerprint density at radius 3 is 2.22 bits per heavy atom. The predicted molar refractivity (Wildman–Crippen MR) is 92.3 cm³/mol. The van der Waals surface area contributed by atoms with Gasteiger partial charge in [-0.25, -0.2) is 8.42 Å². The molecule has 0 aliphatic rings. The Hall–Kier alpha value is -1.76. The molecule has 0 fully saturated rings. The maximum Gasteiger partial charge on any atom is 0.261 e. The van der Waals surface area contributed by atoms with Gasteiger partial charge in [-0.1, -0.05) is 13.8 Å². The van der Waals surface area contributed by atoms with Crippen molar-refractivity contribution in [2.75, 3.05) is 17.6 Å². The van der Waals surface area contributed by atoms with Crippen molar-refractivity contribution in [2.45, 2.75) is 45.8 Å². The van der Waals surface area contributed by atoms with Gasteiger partial charge in [0.25, 0.3) is 5.91 Å². The van der Waals surface area contributed by atoms with E-state index in [9.17, 15) is 13.2 Å². The minimum Gasteiger partial charge on any atom is -0.481 e. The normalized spacial score (nSPS) is 14.0. The van der Waals surface area contributed by atoms with Gasteiger partial charge in [0.15, 0.2) is 6.10 Å². The Labute approximate surface area is 138 Å². The van der Waals surface area contributed by atoms with Crippen LogP contribution in [0.1, 0.15) is 33.6 Å². The third-order valence-corrected chi connectivity index (χ3v) is 4.85. The summed E-state index contributed by atoms with van der Waals surface area (Å²) in [5.74, 6) is 0.390. The van der Waals surface area contributed by atoms with E-state index in [1.165, 1.54) is 11.4 Å². The van der Waals surface area contributed by atoms with Gasteiger partial charge < -0.3 is 10.1 Å². The largest absolute Gasteiger partial charge is 0.481 e. The first-order valence-corrected chi connectivity index (χ1v) is 9.54. The van der Waals surface area contributed by atoms with E-state index < -0.39 is 16.1 Å². The summed E-state index contributed by atoms with van der Waals surface area (Å²) in [5, 5.41) is 2.90. The van der Waals surface area contributed by atoms with E-state index in [0.29, 0.717) is 17.9 Å². The Morgan fingerprint density at radius 1 is 1.22 bits per heavy atom. The molecule has 0 aliphatic carbocycles. The molecule has 1 amide bonds. The number of sulfonamides is 1. The average Bonchev–Trinajstić information content (AvgIpc) is 2.51. The number of hydrogen-bond acceptors (Lipinski definition) is 4. The molecule has 2 unspecified atom stereocenters. The first kappa shape index (κ1) is 19.3. The summed E-state index contributed by atoms with van der Waals surface area (Å²) in [4.78, 5) is 12.1. The maximum absolute atomic E-state index is 12.1. The van der Waals surface area contributed by atoms with E-state index in [1.54, 1.807) is 24.3 Å². The molecule has 1 aromatic rings. The van der Waals surface area contributed by atoms with Crippen LogP contribution < -0.4 is 14.4 Å². The highest BCUT2D eigenvalue weighted by atomic mass is 32.2.